The van der Waals surface area contributed by atoms with Crippen molar-refractivity contribution in [2.45, 2.75) is 39.2 Å². The van der Waals surface area contributed by atoms with E-state index in [-0.39, 0.29) is 24.0 Å². The normalized spacial score (nSPS) is 20.8. The molecule has 0 radical (unpaired) electrons. The molecule has 3 rings (SSSR count). The summed E-state index contributed by atoms with van der Waals surface area (Å²) in [5.74, 6) is 2.23. The maximum absolute atomic E-state index is 5.78. The molecule has 0 aliphatic carbocycles. The van der Waals surface area contributed by atoms with Crippen molar-refractivity contribution in [1.29, 1.82) is 0 Å². The summed E-state index contributed by atoms with van der Waals surface area (Å²) in [6.45, 7) is 11.7. The van der Waals surface area contributed by atoms with Gasteiger partial charge in [0.1, 0.15) is 0 Å². The highest BCUT2D eigenvalue weighted by atomic mass is 127. The molecule has 0 bridgehead atoms. The third-order valence-electron chi connectivity index (χ3n) is 5.65. The lowest BCUT2D eigenvalue weighted by Crippen LogP contribution is -2.39. The number of halogens is 1. The standard InChI is InChI=1S/C22H38N4O2S.HI/c1-2-23-22(24-9-4-12-27-17-20-8-13-28-18-20)25-15-19-6-10-26(11-7-19)16-21-5-3-14-29-21;/h3,5,14,19-20H,2,4,6-13,15-18H2,1H3,(H2,23,24,25);1H. The zero-order valence-corrected chi connectivity index (χ0v) is 21.5. The van der Waals surface area contributed by atoms with Crippen LogP contribution in [-0.2, 0) is 16.0 Å². The van der Waals surface area contributed by atoms with E-state index >= 15 is 0 Å². The van der Waals surface area contributed by atoms with Crippen LogP contribution in [0.15, 0.2) is 22.5 Å². The molecule has 0 saturated carbocycles. The van der Waals surface area contributed by atoms with Gasteiger partial charge in [0.15, 0.2) is 5.96 Å². The minimum Gasteiger partial charge on any atom is -0.381 e. The molecule has 1 aromatic heterocycles. The molecule has 1 unspecified atom stereocenters. The molecule has 0 aromatic carbocycles. The Balaban J connectivity index is 0.00000320. The van der Waals surface area contributed by atoms with Crippen molar-refractivity contribution < 1.29 is 9.47 Å². The van der Waals surface area contributed by atoms with Crippen LogP contribution in [-0.4, -0.2) is 70.0 Å². The predicted octanol–water partition coefficient (Wildman–Crippen LogP) is 3.58. The highest BCUT2D eigenvalue weighted by Crippen LogP contribution is 2.20. The molecule has 2 aliphatic rings. The number of nitrogens with zero attached hydrogens (tertiary/aromatic N) is 2. The summed E-state index contributed by atoms with van der Waals surface area (Å²) in [6.07, 6.45) is 4.63. The van der Waals surface area contributed by atoms with Gasteiger partial charge in [-0.25, -0.2) is 0 Å². The molecule has 1 aromatic rings. The molecule has 30 heavy (non-hydrogen) atoms. The van der Waals surface area contributed by atoms with Crippen molar-refractivity contribution >= 4 is 41.3 Å². The van der Waals surface area contributed by atoms with Crippen LogP contribution < -0.4 is 10.6 Å². The fraction of sp³-hybridized carbons (Fsp3) is 0.773. The number of guanidine groups is 1. The molecule has 8 heteroatoms. The van der Waals surface area contributed by atoms with Crippen molar-refractivity contribution in [3.8, 4) is 0 Å². The van der Waals surface area contributed by atoms with E-state index in [1.807, 2.05) is 11.3 Å². The van der Waals surface area contributed by atoms with Crippen molar-refractivity contribution in [3.63, 3.8) is 0 Å². The van der Waals surface area contributed by atoms with Gasteiger partial charge >= 0.3 is 0 Å². The van der Waals surface area contributed by atoms with Gasteiger partial charge in [-0.3, -0.25) is 9.89 Å². The summed E-state index contributed by atoms with van der Waals surface area (Å²) < 4.78 is 11.2. The van der Waals surface area contributed by atoms with Crippen LogP contribution >= 0.6 is 35.3 Å². The smallest absolute Gasteiger partial charge is 0.191 e. The molecule has 1 atom stereocenters. The number of piperidine rings is 1. The van der Waals surface area contributed by atoms with E-state index in [2.05, 4.69) is 40.0 Å². The van der Waals surface area contributed by atoms with Gasteiger partial charge in [0, 0.05) is 50.2 Å². The number of rotatable bonds is 11. The largest absolute Gasteiger partial charge is 0.381 e. The van der Waals surface area contributed by atoms with Crippen molar-refractivity contribution in [2.24, 2.45) is 16.8 Å². The molecule has 6 nitrogen and oxygen atoms in total. The third kappa shape index (κ3) is 9.80. The van der Waals surface area contributed by atoms with Gasteiger partial charge in [0.05, 0.1) is 13.2 Å². The molecule has 172 valence electrons. The van der Waals surface area contributed by atoms with E-state index in [0.717, 1.165) is 71.4 Å². The Hall–Kier alpha value is -0.420. The monoisotopic (exact) mass is 550 g/mol. The molecule has 3 heterocycles. The average molecular weight is 551 g/mol. The van der Waals surface area contributed by atoms with Gasteiger partial charge in [0.25, 0.3) is 0 Å². The summed E-state index contributed by atoms with van der Waals surface area (Å²) in [7, 11) is 0. The maximum Gasteiger partial charge on any atom is 0.191 e. The van der Waals surface area contributed by atoms with E-state index in [0.29, 0.717) is 11.8 Å². The van der Waals surface area contributed by atoms with Crippen LogP contribution in [0.2, 0.25) is 0 Å². The number of hydrogen-bond acceptors (Lipinski definition) is 5. The summed E-state index contributed by atoms with van der Waals surface area (Å²) >= 11 is 1.86. The quantitative estimate of drug-likeness (QED) is 0.191. The van der Waals surface area contributed by atoms with Crippen LogP contribution in [0.5, 0.6) is 0 Å². The van der Waals surface area contributed by atoms with Gasteiger partial charge in [-0.05, 0) is 63.1 Å². The summed E-state index contributed by atoms with van der Waals surface area (Å²) in [5, 5.41) is 8.99. The molecule has 2 saturated heterocycles. The van der Waals surface area contributed by atoms with Crippen LogP contribution in [0.4, 0.5) is 0 Å². The Morgan fingerprint density at radius 2 is 2.13 bits per heavy atom. The minimum atomic E-state index is 0. The molecular weight excluding hydrogens is 511 g/mol. The molecule has 2 N–H and O–H groups in total. The summed E-state index contributed by atoms with van der Waals surface area (Å²) in [4.78, 5) is 8.89. The highest BCUT2D eigenvalue weighted by Gasteiger charge is 2.19. The van der Waals surface area contributed by atoms with Crippen LogP contribution in [0.1, 0.15) is 37.5 Å². The first-order chi connectivity index (χ1) is 14.3. The number of likely N-dealkylation sites (tertiary alicyclic amines) is 1. The second-order valence-electron chi connectivity index (χ2n) is 8.10. The van der Waals surface area contributed by atoms with Gasteiger partial charge in [0.2, 0.25) is 0 Å². The lowest BCUT2D eigenvalue weighted by Gasteiger charge is -2.31. The van der Waals surface area contributed by atoms with Crippen molar-refractivity contribution in [2.75, 3.05) is 59.2 Å². The maximum atomic E-state index is 5.78. The SMILES string of the molecule is CCNC(=NCC1CCN(Cc2cccs2)CC1)NCCCOCC1CCOC1.I. The third-order valence-corrected chi connectivity index (χ3v) is 6.52. The van der Waals surface area contributed by atoms with Gasteiger partial charge in [-0.2, -0.15) is 0 Å². The van der Waals surface area contributed by atoms with E-state index in [9.17, 15) is 0 Å². The molecule has 0 spiro atoms. The zero-order valence-electron chi connectivity index (χ0n) is 18.3. The fourth-order valence-corrected chi connectivity index (χ4v) is 4.60. The van der Waals surface area contributed by atoms with Gasteiger partial charge < -0.3 is 20.1 Å². The minimum absolute atomic E-state index is 0. The lowest BCUT2D eigenvalue weighted by molar-refractivity contribution is 0.0888. The first kappa shape index (κ1) is 25.8. The van der Waals surface area contributed by atoms with Crippen LogP contribution in [0, 0.1) is 11.8 Å². The van der Waals surface area contributed by atoms with E-state index in [1.165, 1.54) is 30.8 Å². The van der Waals surface area contributed by atoms with E-state index in [4.69, 9.17) is 14.5 Å². The van der Waals surface area contributed by atoms with Gasteiger partial charge in [-0.15, -0.1) is 35.3 Å². The second-order valence-corrected chi connectivity index (χ2v) is 9.14. The topological polar surface area (TPSA) is 58.1 Å². The van der Waals surface area contributed by atoms with Gasteiger partial charge in [-0.1, -0.05) is 6.07 Å². The van der Waals surface area contributed by atoms with E-state index in [1.54, 1.807) is 0 Å². The first-order valence-electron chi connectivity index (χ1n) is 11.3. The van der Waals surface area contributed by atoms with E-state index < -0.39 is 0 Å². The number of hydrogen-bond donors (Lipinski definition) is 2. The Morgan fingerprint density at radius 1 is 1.27 bits per heavy atom. The van der Waals surface area contributed by atoms with Crippen LogP contribution in [0.25, 0.3) is 0 Å². The first-order valence-corrected chi connectivity index (χ1v) is 12.1. The Kier molecular flexibility index (Phi) is 13.3. The van der Waals surface area contributed by atoms with Crippen LogP contribution in [0.3, 0.4) is 0 Å². The predicted molar refractivity (Wildman–Crippen MR) is 136 cm³/mol. The number of aliphatic imine (C=N–C) groups is 1. The Bertz CT molecular complexity index is 574. The van der Waals surface area contributed by atoms with Crippen molar-refractivity contribution in [1.82, 2.24) is 15.5 Å². The summed E-state index contributed by atoms with van der Waals surface area (Å²) in [5.41, 5.74) is 0. The number of nitrogens with one attached hydrogen (secondary N) is 2. The molecular formula is C22H39IN4O2S. The fourth-order valence-electron chi connectivity index (χ4n) is 3.86. The molecule has 2 fully saturated rings. The van der Waals surface area contributed by atoms with Crippen molar-refractivity contribution in [3.05, 3.63) is 22.4 Å². The molecule has 2 aliphatic heterocycles. The Morgan fingerprint density at radius 3 is 2.83 bits per heavy atom. The number of ether oxygens (including phenoxy) is 2. The number of thiophene rings is 1. The second kappa shape index (κ2) is 15.4. The summed E-state index contributed by atoms with van der Waals surface area (Å²) in [6, 6.07) is 4.39. The lowest BCUT2D eigenvalue weighted by atomic mass is 9.97. The highest BCUT2D eigenvalue weighted by molar-refractivity contribution is 14.0. The Labute approximate surface area is 203 Å². The molecule has 0 amide bonds. The zero-order chi connectivity index (χ0) is 20.2. The average Bonchev–Trinajstić information content (AvgIpc) is 3.44.